The molecule has 2 N–H and O–H groups in total. The molecule has 0 aliphatic heterocycles. The highest BCUT2D eigenvalue weighted by atomic mass is 35.5. The minimum Gasteiger partial charge on any atom is -0.326 e. The third-order valence-electron chi connectivity index (χ3n) is 3.14. The fourth-order valence-corrected chi connectivity index (χ4v) is 2.54. The van der Waals surface area contributed by atoms with Gasteiger partial charge in [-0.15, -0.1) is 0 Å². The molecule has 2 rings (SSSR count). The average Bonchev–Trinajstić information content (AvgIpc) is 2.42. The summed E-state index contributed by atoms with van der Waals surface area (Å²) in [6, 6.07) is 10.4. The van der Waals surface area contributed by atoms with E-state index in [1.165, 1.54) is 6.92 Å². The lowest BCUT2D eigenvalue weighted by atomic mass is 10.1. The second kappa shape index (κ2) is 6.62. The number of benzene rings is 2. The minimum absolute atomic E-state index is 0.153. The molecule has 0 saturated carbocycles. The van der Waals surface area contributed by atoms with Gasteiger partial charge in [0.15, 0.2) is 0 Å². The maximum atomic E-state index is 12.3. The van der Waals surface area contributed by atoms with Crippen LogP contribution in [0.25, 0.3) is 0 Å². The van der Waals surface area contributed by atoms with Gasteiger partial charge in [-0.3, -0.25) is 9.59 Å². The summed E-state index contributed by atoms with van der Waals surface area (Å²) >= 11 is 6.19. The van der Waals surface area contributed by atoms with Gasteiger partial charge < -0.3 is 10.6 Å². The van der Waals surface area contributed by atoms with Gasteiger partial charge >= 0.3 is 0 Å². The Morgan fingerprint density at radius 1 is 1.00 bits per heavy atom. The van der Waals surface area contributed by atoms with Gasteiger partial charge in [0, 0.05) is 18.2 Å². The molecule has 0 aliphatic carbocycles. The van der Waals surface area contributed by atoms with Gasteiger partial charge in [0.2, 0.25) is 5.91 Å². The summed E-state index contributed by atoms with van der Waals surface area (Å²) in [5.41, 5.74) is 3.70. The largest absolute Gasteiger partial charge is 0.326 e. The molecule has 0 atom stereocenters. The first-order valence-electron chi connectivity index (χ1n) is 6.82. The standard InChI is InChI=1S/C17H17ClN2O2/c1-10-8-11(2)16(15(18)9-10)20-17(22)13-4-6-14(7-5-13)19-12(3)21/h4-9H,1-3H3,(H,19,21)(H,20,22). The zero-order valence-corrected chi connectivity index (χ0v) is 13.4. The molecular formula is C17H17ClN2O2. The van der Waals surface area contributed by atoms with Crippen molar-refractivity contribution in [3.63, 3.8) is 0 Å². The van der Waals surface area contributed by atoms with E-state index >= 15 is 0 Å². The zero-order chi connectivity index (χ0) is 16.3. The number of halogens is 1. The van der Waals surface area contributed by atoms with Crippen molar-refractivity contribution in [2.75, 3.05) is 10.6 Å². The van der Waals surface area contributed by atoms with Crippen LogP contribution >= 0.6 is 11.6 Å². The Kier molecular flexibility index (Phi) is 4.83. The minimum atomic E-state index is -0.247. The van der Waals surface area contributed by atoms with Gasteiger partial charge in [-0.1, -0.05) is 17.7 Å². The van der Waals surface area contributed by atoms with Crippen LogP contribution in [0, 0.1) is 13.8 Å². The summed E-state index contributed by atoms with van der Waals surface area (Å²) in [5, 5.41) is 5.99. The van der Waals surface area contributed by atoms with Crippen molar-refractivity contribution in [3.05, 3.63) is 58.1 Å². The smallest absolute Gasteiger partial charge is 0.255 e. The molecular weight excluding hydrogens is 300 g/mol. The predicted molar refractivity (Wildman–Crippen MR) is 89.6 cm³/mol. The molecule has 0 fully saturated rings. The summed E-state index contributed by atoms with van der Waals surface area (Å²) in [6.45, 7) is 5.28. The first kappa shape index (κ1) is 16.0. The third-order valence-corrected chi connectivity index (χ3v) is 3.44. The van der Waals surface area contributed by atoms with E-state index < -0.39 is 0 Å². The summed E-state index contributed by atoms with van der Waals surface area (Å²) in [6.07, 6.45) is 0. The number of anilines is 2. The fraction of sp³-hybridized carbons (Fsp3) is 0.176. The molecule has 0 bridgehead atoms. The van der Waals surface area contributed by atoms with Gasteiger partial charge in [-0.25, -0.2) is 0 Å². The monoisotopic (exact) mass is 316 g/mol. The zero-order valence-electron chi connectivity index (χ0n) is 12.7. The average molecular weight is 317 g/mol. The Bertz CT molecular complexity index is 701. The van der Waals surface area contributed by atoms with Crippen molar-refractivity contribution >= 4 is 34.8 Å². The van der Waals surface area contributed by atoms with Crippen LogP contribution in [0.3, 0.4) is 0 Å². The lowest BCUT2D eigenvalue weighted by Gasteiger charge is -2.12. The number of aryl methyl sites for hydroxylation is 2. The van der Waals surface area contributed by atoms with Crippen LogP contribution in [0.15, 0.2) is 36.4 Å². The van der Waals surface area contributed by atoms with E-state index in [0.717, 1.165) is 11.1 Å². The molecule has 0 aromatic heterocycles. The second-order valence-corrected chi connectivity index (χ2v) is 5.56. The first-order valence-corrected chi connectivity index (χ1v) is 7.20. The number of amides is 2. The Balaban J connectivity index is 2.17. The van der Waals surface area contributed by atoms with Crippen molar-refractivity contribution in [2.45, 2.75) is 20.8 Å². The molecule has 0 unspecified atom stereocenters. The summed E-state index contributed by atoms with van der Waals surface area (Å²) in [5.74, 6) is -0.400. The van der Waals surface area contributed by atoms with Gasteiger partial charge in [0.05, 0.1) is 10.7 Å². The highest BCUT2D eigenvalue weighted by Crippen LogP contribution is 2.27. The maximum absolute atomic E-state index is 12.3. The van der Waals surface area contributed by atoms with E-state index in [2.05, 4.69) is 10.6 Å². The molecule has 2 aromatic carbocycles. The normalized spacial score (nSPS) is 10.2. The van der Waals surface area contributed by atoms with Crippen molar-refractivity contribution in [3.8, 4) is 0 Å². The third kappa shape index (κ3) is 3.86. The fourth-order valence-electron chi connectivity index (χ4n) is 2.17. The van der Waals surface area contributed by atoms with Gasteiger partial charge in [0.25, 0.3) is 5.91 Å². The van der Waals surface area contributed by atoms with Crippen LogP contribution in [0.2, 0.25) is 5.02 Å². The van der Waals surface area contributed by atoms with E-state index in [0.29, 0.717) is 22.0 Å². The van der Waals surface area contributed by atoms with Crippen LogP contribution in [0.4, 0.5) is 11.4 Å². The number of hydrogen-bond donors (Lipinski definition) is 2. The summed E-state index contributed by atoms with van der Waals surface area (Å²) < 4.78 is 0. The second-order valence-electron chi connectivity index (χ2n) is 5.15. The van der Waals surface area contributed by atoms with Crippen molar-refractivity contribution in [1.29, 1.82) is 0 Å². The first-order chi connectivity index (χ1) is 10.4. The predicted octanol–water partition coefficient (Wildman–Crippen LogP) is 4.17. The van der Waals surface area contributed by atoms with Crippen LogP contribution in [-0.2, 0) is 4.79 Å². The summed E-state index contributed by atoms with van der Waals surface area (Å²) in [4.78, 5) is 23.3. The van der Waals surface area contributed by atoms with Gasteiger partial charge in [-0.2, -0.15) is 0 Å². The number of nitrogens with one attached hydrogen (secondary N) is 2. The highest BCUT2D eigenvalue weighted by Gasteiger charge is 2.11. The molecule has 0 aliphatic rings. The van der Waals surface area contributed by atoms with Crippen LogP contribution < -0.4 is 10.6 Å². The summed E-state index contributed by atoms with van der Waals surface area (Å²) in [7, 11) is 0. The van der Waals surface area contributed by atoms with Crippen LogP contribution in [0.1, 0.15) is 28.4 Å². The van der Waals surface area contributed by atoms with E-state index in [9.17, 15) is 9.59 Å². The maximum Gasteiger partial charge on any atom is 0.255 e. The molecule has 114 valence electrons. The van der Waals surface area contributed by atoms with E-state index in [1.807, 2.05) is 26.0 Å². The van der Waals surface area contributed by atoms with Crippen molar-refractivity contribution < 1.29 is 9.59 Å². The van der Waals surface area contributed by atoms with E-state index in [4.69, 9.17) is 11.6 Å². The molecule has 5 heteroatoms. The van der Waals surface area contributed by atoms with Crippen LogP contribution in [0.5, 0.6) is 0 Å². The molecule has 4 nitrogen and oxygen atoms in total. The Morgan fingerprint density at radius 3 is 2.18 bits per heavy atom. The molecule has 22 heavy (non-hydrogen) atoms. The molecule has 0 saturated heterocycles. The number of hydrogen-bond acceptors (Lipinski definition) is 2. The quantitative estimate of drug-likeness (QED) is 0.893. The lowest BCUT2D eigenvalue weighted by molar-refractivity contribution is -0.114. The van der Waals surface area contributed by atoms with E-state index in [1.54, 1.807) is 24.3 Å². The molecule has 0 radical (unpaired) electrons. The Labute approximate surface area is 134 Å². The molecule has 2 amide bonds. The Morgan fingerprint density at radius 2 is 1.64 bits per heavy atom. The number of carbonyl (C=O) groups excluding carboxylic acids is 2. The highest BCUT2D eigenvalue weighted by molar-refractivity contribution is 6.34. The molecule has 0 heterocycles. The lowest BCUT2D eigenvalue weighted by Crippen LogP contribution is -2.13. The Hall–Kier alpha value is -2.33. The van der Waals surface area contributed by atoms with Crippen LogP contribution in [-0.4, -0.2) is 11.8 Å². The molecule has 0 spiro atoms. The van der Waals surface area contributed by atoms with E-state index in [-0.39, 0.29) is 11.8 Å². The van der Waals surface area contributed by atoms with Crippen molar-refractivity contribution in [1.82, 2.24) is 0 Å². The van der Waals surface area contributed by atoms with Crippen molar-refractivity contribution in [2.24, 2.45) is 0 Å². The number of rotatable bonds is 3. The van der Waals surface area contributed by atoms with Gasteiger partial charge in [0.1, 0.15) is 0 Å². The number of carbonyl (C=O) groups is 2. The van der Waals surface area contributed by atoms with Gasteiger partial charge in [-0.05, 0) is 55.3 Å². The topological polar surface area (TPSA) is 58.2 Å². The molecule has 2 aromatic rings. The SMILES string of the molecule is CC(=O)Nc1ccc(C(=O)Nc2c(C)cc(C)cc2Cl)cc1.